The van der Waals surface area contributed by atoms with E-state index in [-0.39, 0.29) is 24.1 Å². The number of amides is 1. The standard InChI is InChI=1S/C14H17FN2OS.ClH/c1-9-12-10(15)5-4-6-11(12)19-13(9)14(18)17-8-3-2-7-16;/h4-6H,2-3,7-8,16H2,1H3,(H,17,18);1H. The van der Waals surface area contributed by atoms with E-state index in [0.717, 1.165) is 23.1 Å². The smallest absolute Gasteiger partial charge is 0.261 e. The molecule has 20 heavy (non-hydrogen) atoms. The van der Waals surface area contributed by atoms with Gasteiger partial charge >= 0.3 is 0 Å². The minimum atomic E-state index is -0.270. The molecule has 110 valence electrons. The first-order chi connectivity index (χ1) is 9.15. The van der Waals surface area contributed by atoms with Crippen LogP contribution in [-0.2, 0) is 0 Å². The van der Waals surface area contributed by atoms with Gasteiger partial charge in [-0.15, -0.1) is 23.7 Å². The Labute approximate surface area is 127 Å². The number of nitrogens with two attached hydrogens (primary N) is 1. The molecule has 0 fully saturated rings. The van der Waals surface area contributed by atoms with Crippen LogP contribution >= 0.6 is 23.7 Å². The number of thiophene rings is 1. The van der Waals surface area contributed by atoms with Crippen molar-refractivity contribution in [2.75, 3.05) is 13.1 Å². The van der Waals surface area contributed by atoms with Crippen molar-refractivity contribution in [3.05, 3.63) is 34.5 Å². The topological polar surface area (TPSA) is 55.1 Å². The van der Waals surface area contributed by atoms with Crippen molar-refractivity contribution in [3.8, 4) is 0 Å². The van der Waals surface area contributed by atoms with E-state index in [1.54, 1.807) is 13.0 Å². The van der Waals surface area contributed by atoms with E-state index in [2.05, 4.69) is 5.32 Å². The molecule has 0 aliphatic rings. The van der Waals surface area contributed by atoms with Gasteiger partial charge in [0.2, 0.25) is 0 Å². The fourth-order valence-electron chi connectivity index (χ4n) is 2.02. The van der Waals surface area contributed by atoms with Crippen molar-refractivity contribution in [3.63, 3.8) is 0 Å². The summed E-state index contributed by atoms with van der Waals surface area (Å²) in [5, 5.41) is 3.40. The summed E-state index contributed by atoms with van der Waals surface area (Å²) in [5.41, 5.74) is 6.11. The van der Waals surface area contributed by atoms with Crippen LogP contribution in [0.15, 0.2) is 18.2 Å². The van der Waals surface area contributed by atoms with E-state index >= 15 is 0 Å². The summed E-state index contributed by atoms with van der Waals surface area (Å²) in [4.78, 5) is 12.6. The first kappa shape index (κ1) is 16.9. The van der Waals surface area contributed by atoms with Crippen LogP contribution in [0, 0.1) is 12.7 Å². The molecule has 0 radical (unpaired) electrons. The zero-order valence-corrected chi connectivity index (χ0v) is 12.9. The van der Waals surface area contributed by atoms with Gasteiger partial charge in [-0.2, -0.15) is 0 Å². The van der Waals surface area contributed by atoms with Crippen molar-refractivity contribution >= 4 is 39.7 Å². The molecule has 3 N–H and O–H groups in total. The summed E-state index contributed by atoms with van der Waals surface area (Å²) < 4.78 is 14.5. The Morgan fingerprint density at radius 2 is 2.15 bits per heavy atom. The summed E-state index contributed by atoms with van der Waals surface area (Å²) in [6.07, 6.45) is 1.75. The predicted octanol–water partition coefficient (Wildman–Crippen LogP) is 3.24. The van der Waals surface area contributed by atoms with Gasteiger partial charge in [0, 0.05) is 16.6 Å². The molecule has 0 bridgehead atoms. The van der Waals surface area contributed by atoms with E-state index in [1.165, 1.54) is 17.4 Å². The lowest BCUT2D eigenvalue weighted by molar-refractivity contribution is 0.0956. The quantitative estimate of drug-likeness (QED) is 0.832. The highest BCUT2D eigenvalue weighted by Crippen LogP contribution is 2.32. The third-order valence-corrected chi connectivity index (χ3v) is 4.28. The fraction of sp³-hybridized carbons (Fsp3) is 0.357. The number of rotatable bonds is 5. The summed E-state index contributed by atoms with van der Waals surface area (Å²) >= 11 is 1.33. The van der Waals surface area contributed by atoms with Crippen molar-refractivity contribution < 1.29 is 9.18 Å². The summed E-state index contributed by atoms with van der Waals surface area (Å²) in [7, 11) is 0. The van der Waals surface area contributed by atoms with Gasteiger partial charge in [-0.1, -0.05) is 6.07 Å². The number of hydrogen-bond donors (Lipinski definition) is 2. The number of fused-ring (bicyclic) bond motifs is 1. The van der Waals surface area contributed by atoms with Crippen molar-refractivity contribution in [2.45, 2.75) is 19.8 Å². The number of carbonyl (C=O) groups is 1. The van der Waals surface area contributed by atoms with Crippen LogP contribution in [0.1, 0.15) is 28.1 Å². The Morgan fingerprint density at radius 1 is 1.40 bits per heavy atom. The van der Waals surface area contributed by atoms with E-state index in [9.17, 15) is 9.18 Å². The first-order valence-corrected chi connectivity index (χ1v) is 7.12. The molecule has 2 aromatic rings. The second-order valence-electron chi connectivity index (χ2n) is 4.42. The summed E-state index contributed by atoms with van der Waals surface area (Å²) in [6.45, 7) is 3.02. The Hall–Kier alpha value is -1.17. The maximum absolute atomic E-state index is 13.7. The lowest BCUT2D eigenvalue weighted by Crippen LogP contribution is -2.24. The molecule has 2 rings (SSSR count). The average Bonchev–Trinajstić information content (AvgIpc) is 2.73. The van der Waals surface area contributed by atoms with E-state index < -0.39 is 0 Å². The lowest BCUT2D eigenvalue weighted by atomic mass is 10.1. The van der Waals surface area contributed by atoms with Crippen LogP contribution < -0.4 is 11.1 Å². The van der Waals surface area contributed by atoms with Gasteiger partial charge < -0.3 is 11.1 Å². The number of benzene rings is 1. The highest BCUT2D eigenvalue weighted by Gasteiger charge is 2.17. The van der Waals surface area contributed by atoms with Crippen LogP contribution in [0.5, 0.6) is 0 Å². The average molecular weight is 317 g/mol. The van der Waals surface area contributed by atoms with Gasteiger partial charge in [-0.25, -0.2) is 4.39 Å². The largest absolute Gasteiger partial charge is 0.351 e. The zero-order chi connectivity index (χ0) is 13.8. The summed E-state index contributed by atoms with van der Waals surface area (Å²) in [6, 6.07) is 4.92. The summed E-state index contributed by atoms with van der Waals surface area (Å²) in [5.74, 6) is -0.399. The number of hydrogen-bond acceptors (Lipinski definition) is 3. The van der Waals surface area contributed by atoms with Gasteiger partial charge in [0.25, 0.3) is 5.91 Å². The molecule has 1 amide bonds. The molecule has 1 heterocycles. The molecule has 6 heteroatoms. The lowest BCUT2D eigenvalue weighted by Gasteiger charge is -2.03. The molecular weight excluding hydrogens is 299 g/mol. The van der Waals surface area contributed by atoms with Crippen LogP contribution in [0.4, 0.5) is 4.39 Å². The van der Waals surface area contributed by atoms with Crippen LogP contribution in [0.25, 0.3) is 10.1 Å². The van der Waals surface area contributed by atoms with Crippen LogP contribution in [0.3, 0.4) is 0 Å². The van der Waals surface area contributed by atoms with Crippen LogP contribution in [-0.4, -0.2) is 19.0 Å². The van der Waals surface area contributed by atoms with E-state index in [4.69, 9.17) is 5.73 Å². The third kappa shape index (κ3) is 3.48. The number of unbranched alkanes of at least 4 members (excludes halogenated alkanes) is 1. The molecule has 0 unspecified atom stereocenters. The SMILES string of the molecule is Cc1c(C(=O)NCCCCN)sc2cccc(F)c12.Cl. The molecular formula is C14H18ClFN2OS. The number of halogens is 2. The Kier molecular flexibility index (Phi) is 6.39. The molecule has 0 saturated carbocycles. The molecule has 0 spiro atoms. The minimum absolute atomic E-state index is 0. The molecule has 1 aromatic carbocycles. The first-order valence-electron chi connectivity index (χ1n) is 6.31. The van der Waals surface area contributed by atoms with Crippen molar-refractivity contribution in [2.24, 2.45) is 5.73 Å². The normalized spacial score (nSPS) is 10.3. The Balaban J connectivity index is 0.00000200. The van der Waals surface area contributed by atoms with Crippen molar-refractivity contribution in [1.82, 2.24) is 5.32 Å². The molecule has 3 nitrogen and oxygen atoms in total. The fourth-order valence-corrected chi connectivity index (χ4v) is 3.16. The molecule has 0 aliphatic carbocycles. The van der Waals surface area contributed by atoms with Gasteiger partial charge in [-0.05, 0) is 44.0 Å². The van der Waals surface area contributed by atoms with Gasteiger partial charge in [0.1, 0.15) is 5.82 Å². The highest BCUT2D eigenvalue weighted by atomic mass is 35.5. The van der Waals surface area contributed by atoms with Gasteiger partial charge in [0.05, 0.1) is 4.88 Å². The molecule has 0 atom stereocenters. The second-order valence-corrected chi connectivity index (χ2v) is 5.47. The Morgan fingerprint density at radius 3 is 2.80 bits per heavy atom. The predicted molar refractivity (Wildman–Crippen MR) is 84.4 cm³/mol. The highest BCUT2D eigenvalue weighted by molar-refractivity contribution is 7.21. The van der Waals surface area contributed by atoms with E-state index in [1.807, 2.05) is 6.07 Å². The minimum Gasteiger partial charge on any atom is -0.351 e. The van der Waals surface area contributed by atoms with Gasteiger partial charge in [-0.3, -0.25) is 4.79 Å². The van der Waals surface area contributed by atoms with Crippen molar-refractivity contribution in [1.29, 1.82) is 0 Å². The molecule has 0 aliphatic heterocycles. The maximum Gasteiger partial charge on any atom is 0.261 e. The van der Waals surface area contributed by atoms with E-state index in [0.29, 0.717) is 23.4 Å². The number of aryl methyl sites for hydroxylation is 1. The molecule has 0 saturated heterocycles. The number of nitrogens with one attached hydrogen (secondary N) is 1. The zero-order valence-electron chi connectivity index (χ0n) is 11.2. The monoisotopic (exact) mass is 316 g/mol. The third-order valence-electron chi connectivity index (χ3n) is 3.03. The maximum atomic E-state index is 13.7. The Bertz CT molecular complexity index is 600. The van der Waals surface area contributed by atoms with Crippen LogP contribution in [0.2, 0.25) is 0 Å². The molecule has 1 aromatic heterocycles. The second kappa shape index (κ2) is 7.57. The number of carbonyl (C=O) groups excluding carboxylic acids is 1. The van der Waals surface area contributed by atoms with Gasteiger partial charge in [0.15, 0.2) is 0 Å².